The van der Waals surface area contributed by atoms with Crippen molar-refractivity contribution in [2.45, 2.75) is 0 Å². The molecule has 0 aromatic carbocycles. The molecule has 0 amide bonds. The molecule has 38 valence electrons. The van der Waals surface area contributed by atoms with E-state index < -0.39 is 0 Å². The maximum Gasteiger partial charge on any atom is 0.155 e. The Morgan fingerprint density at radius 3 is 3.00 bits per heavy atom. The van der Waals surface area contributed by atoms with Crippen LogP contribution in [0.4, 0.5) is 0 Å². The van der Waals surface area contributed by atoms with Gasteiger partial charge in [0, 0.05) is 17.4 Å². The Balaban J connectivity index is 2.58. The summed E-state index contributed by atoms with van der Waals surface area (Å²) >= 11 is 1.31. The Morgan fingerprint density at radius 1 is 1.86 bits per heavy atom. The first-order chi connectivity index (χ1) is 3.39. The molecule has 3 N–H and O–H groups in total. The predicted octanol–water partition coefficient (Wildman–Crippen LogP) is 0.363. The van der Waals surface area contributed by atoms with Crippen LogP contribution >= 0.6 is 11.9 Å². The van der Waals surface area contributed by atoms with Crippen molar-refractivity contribution < 1.29 is 0 Å². The van der Waals surface area contributed by atoms with Gasteiger partial charge >= 0.3 is 0 Å². The Labute approximate surface area is 45.0 Å². The monoisotopic (exact) mass is 116 g/mol. The Kier molecular flexibility index (Phi) is 1.16. The van der Waals surface area contributed by atoms with Crippen LogP contribution in [0.5, 0.6) is 0 Å². The maximum absolute atomic E-state index is 5.17. The van der Waals surface area contributed by atoms with Crippen LogP contribution in [0.15, 0.2) is 21.6 Å². The van der Waals surface area contributed by atoms with E-state index in [1.165, 1.54) is 11.9 Å². The van der Waals surface area contributed by atoms with E-state index >= 15 is 0 Å². The van der Waals surface area contributed by atoms with E-state index in [0.717, 1.165) is 0 Å². The van der Waals surface area contributed by atoms with Crippen LogP contribution < -0.4 is 10.6 Å². The summed E-state index contributed by atoms with van der Waals surface area (Å²) in [5, 5.41) is 8.54. The molecule has 0 unspecified atom stereocenters. The molecule has 0 saturated carbocycles. The lowest BCUT2D eigenvalue weighted by Crippen LogP contribution is -1.99. The van der Waals surface area contributed by atoms with Crippen LogP contribution in [-0.2, 0) is 0 Å². The summed E-state index contributed by atoms with van der Waals surface area (Å²) in [6.07, 6.45) is 0. The molecule has 1 heterocycles. The number of nitrogens with two attached hydrogens (primary N) is 1. The predicted molar refractivity (Wildman–Crippen MR) is 27.9 cm³/mol. The van der Waals surface area contributed by atoms with Crippen molar-refractivity contribution >= 4 is 11.9 Å². The molecule has 1 aliphatic heterocycles. The van der Waals surface area contributed by atoms with Crippen LogP contribution in [0, 0.1) is 0 Å². The number of hydrogen-bond acceptors (Lipinski definition) is 5. The van der Waals surface area contributed by atoms with Crippen LogP contribution in [0.3, 0.4) is 0 Å². The first kappa shape index (κ1) is 4.45. The third kappa shape index (κ3) is 1.08. The summed E-state index contributed by atoms with van der Waals surface area (Å²) in [5.74, 6) is 0.448. The summed E-state index contributed by atoms with van der Waals surface area (Å²) in [7, 11) is 0. The first-order valence-corrected chi connectivity index (χ1v) is 2.54. The number of rotatable bonds is 0. The third-order valence-electron chi connectivity index (χ3n) is 0.439. The quantitative estimate of drug-likeness (QED) is 0.449. The summed E-state index contributed by atoms with van der Waals surface area (Å²) in [4.78, 5) is 2.53. The first-order valence-electron chi connectivity index (χ1n) is 1.66. The van der Waals surface area contributed by atoms with Crippen molar-refractivity contribution in [1.29, 1.82) is 0 Å². The second-order valence-electron chi connectivity index (χ2n) is 0.952. The molecule has 0 radical (unpaired) electrons. The molecule has 0 aromatic heterocycles. The van der Waals surface area contributed by atoms with Crippen molar-refractivity contribution in [3.05, 3.63) is 11.2 Å². The SMILES string of the molecule is NC1=CSNN=N1. The van der Waals surface area contributed by atoms with E-state index in [9.17, 15) is 0 Å². The molecule has 0 fully saturated rings. The lowest BCUT2D eigenvalue weighted by Gasteiger charge is -1.96. The van der Waals surface area contributed by atoms with Gasteiger partial charge in [-0.15, -0.1) is 5.11 Å². The molecule has 1 aliphatic rings. The molecule has 0 aliphatic carbocycles. The van der Waals surface area contributed by atoms with E-state index in [1.54, 1.807) is 5.41 Å². The highest BCUT2D eigenvalue weighted by atomic mass is 32.2. The second kappa shape index (κ2) is 1.83. The van der Waals surface area contributed by atoms with Gasteiger partial charge in [0.05, 0.1) is 0 Å². The molecular formula is C2H4N4S. The zero-order chi connectivity index (χ0) is 5.11. The standard InChI is InChI=1S/C2H4N4S/c3-2-1-7-6-5-4-2/h1H,3H2,(H,4,6). The average Bonchev–Trinajstić information content (AvgIpc) is 1.69. The van der Waals surface area contributed by atoms with E-state index in [4.69, 9.17) is 5.73 Å². The molecule has 0 spiro atoms. The summed E-state index contributed by atoms with van der Waals surface area (Å²) in [6, 6.07) is 0. The number of hydrogen-bond donors (Lipinski definition) is 2. The fourth-order valence-corrected chi connectivity index (χ4v) is 0.521. The van der Waals surface area contributed by atoms with Crippen LogP contribution in [0.2, 0.25) is 0 Å². The van der Waals surface area contributed by atoms with Gasteiger partial charge < -0.3 is 5.73 Å². The molecular weight excluding hydrogens is 112 g/mol. The minimum Gasteiger partial charge on any atom is -0.382 e. The molecule has 4 nitrogen and oxygen atoms in total. The highest BCUT2D eigenvalue weighted by Crippen LogP contribution is 2.04. The maximum atomic E-state index is 5.17. The largest absolute Gasteiger partial charge is 0.382 e. The number of nitrogens with zero attached hydrogens (tertiary/aromatic N) is 2. The van der Waals surface area contributed by atoms with Crippen molar-refractivity contribution in [2.24, 2.45) is 16.1 Å². The average molecular weight is 116 g/mol. The van der Waals surface area contributed by atoms with Crippen LogP contribution in [-0.4, -0.2) is 0 Å². The Hall–Kier alpha value is -0.710. The molecule has 7 heavy (non-hydrogen) atoms. The highest BCUT2D eigenvalue weighted by Gasteiger charge is 1.88. The van der Waals surface area contributed by atoms with E-state index in [0.29, 0.717) is 5.82 Å². The summed E-state index contributed by atoms with van der Waals surface area (Å²) in [6.45, 7) is 0. The minimum atomic E-state index is 0.448. The highest BCUT2D eigenvalue weighted by molar-refractivity contribution is 8.00. The lowest BCUT2D eigenvalue weighted by molar-refractivity contribution is 0.920. The van der Waals surface area contributed by atoms with Gasteiger partial charge in [-0.1, -0.05) is 5.22 Å². The molecule has 0 saturated heterocycles. The molecule has 0 bridgehead atoms. The Morgan fingerprint density at radius 2 is 2.71 bits per heavy atom. The van der Waals surface area contributed by atoms with E-state index in [2.05, 4.69) is 15.2 Å². The van der Waals surface area contributed by atoms with Gasteiger partial charge in [-0.2, -0.15) is 0 Å². The van der Waals surface area contributed by atoms with Gasteiger partial charge in [-0.05, 0) is 0 Å². The van der Waals surface area contributed by atoms with Gasteiger partial charge in [0.15, 0.2) is 5.82 Å². The van der Waals surface area contributed by atoms with Gasteiger partial charge in [0.2, 0.25) is 0 Å². The fourth-order valence-electron chi connectivity index (χ4n) is 0.212. The fraction of sp³-hybridized carbons (Fsp3) is 0. The summed E-state index contributed by atoms with van der Waals surface area (Å²) in [5.41, 5.74) is 5.17. The lowest BCUT2D eigenvalue weighted by atomic mass is 10.9. The summed E-state index contributed by atoms with van der Waals surface area (Å²) < 4.78 is 0. The van der Waals surface area contributed by atoms with E-state index in [1.807, 2.05) is 0 Å². The van der Waals surface area contributed by atoms with Gasteiger partial charge in [-0.3, -0.25) is 0 Å². The van der Waals surface area contributed by atoms with Gasteiger partial charge in [0.25, 0.3) is 0 Å². The zero-order valence-electron chi connectivity index (χ0n) is 3.46. The Bertz CT molecular complexity index is 117. The topological polar surface area (TPSA) is 62.8 Å². The van der Waals surface area contributed by atoms with Crippen molar-refractivity contribution in [2.75, 3.05) is 0 Å². The normalized spacial score (nSPS) is 18.0. The van der Waals surface area contributed by atoms with Crippen molar-refractivity contribution in [1.82, 2.24) is 4.83 Å². The second-order valence-corrected chi connectivity index (χ2v) is 1.61. The molecule has 5 heteroatoms. The zero-order valence-corrected chi connectivity index (χ0v) is 4.27. The van der Waals surface area contributed by atoms with E-state index in [-0.39, 0.29) is 0 Å². The third-order valence-corrected chi connectivity index (χ3v) is 0.985. The molecule has 0 atom stereocenters. The van der Waals surface area contributed by atoms with Gasteiger partial charge in [0.1, 0.15) is 0 Å². The number of nitrogens with one attached hydrogen (secondary N) is 1. The molecule has 1 rings (SSSR count). The van der Waals surface area contributed by atoms with Gasteiger partial charge in [-0.25, -0.2) is 4.83 Å². The molecule has 0 aromatic rings. The minimum absolute atomic E-state index is 0.448. The van der Waals surface area contributed by atoms with Crippen molar-refractivity contribution in [3.63, 3.8) is 0 Å². The smallest absolute Gasteiger partial charge is 0.155 e. The van der Waals surface area contributed by atoms with Crippen LogP contribution in [0.1, 0.15) is 0 Å². The van der Waals surface area contributed by atoms with Crippen LogP contribution in [0.25, 0.3) is 0 Å². The van der Waals surface area contributed by atoms with Crippen molar-refractivity contribution in [3.8, 4) is 0 Å².